The van der Waals surface area contributed by atoms with Crippen LogP contribution in [0.3, 0.4) is 0 Å². The highest BCUT2D eigenvalue weighted by Crippen LogP contribution is 2.27. The minimum atomic E-state index is -0.376. The summed E-state index contributed by atoms with van der Waals surface area (Å²) in [6.45, 7) is 4.93. The molecule has 3 rings (SSSR count). The Hall–Kier alpha value is -2.07. The number of carbonyl (C=O) groups is 1. The van der Waals surface area contributed by atoms with Crippen LogP contribution in [0.4, 0.5) is 5.69 Å². The maximum Gasteiger partial charge on any atom is 0.261 e. The van der Waals surface area contributed by atoms with E-state index in [1.165, 1.54) is 32.1 Å². The molecule has 0 bridgehead atoms. The van der Waals surface area contributed by atoms with Crippen molar-refractivity contribution in [2.45, 2.75) is 65.3 Å². The third-order valence-electron chi connectivity index (χ3n) is 5.63. The van der Waals surface area contributed by atoms with Gasteiger partial charge >= 0.3 is 0 Å². The highest BCUT2D eigenvalue weighted by Gasteiger charge is 2.23. The summed E-state index contributed by atoms with van der Waals surface area (Å²) in [5, 5.41) is 3.29. The number of pyridine rings is 1. The third kappa shape index (κ3) is 4.67. The van der Waals surface area contributed by atoms with Crippen molar-refractivity contribution in [2.75, 3.05) is 5.32 Å². The first kappa shape index (κ1) is 20.7. The largest absolute Gasteiger partial charge is 0.348 e. The first-order chi connectivity index (χ1) is 13.5. The van der Waals surface area contributed by atoms with Gasteiger partial charge in [-0.15, -0.1) is 0 Å². The molecular weight excluding hydrogens is 372 g/mol. The van der Waals surface area contributed by atoms with Crippen LogP contribution >= 0.6 is 11.6 Å². The molecule has 0 saturated heterocycles. The smallest absolute Gasteiger partial charge is 0.261 e. The number of para-hydroxylation sites is 1. The number of hydrogen-bond donors (Lipinski definition) is 1. The van der Waals surface area contributed by atoms with Crippen LogP contribution in [-0.2, 0) is 13.0 Å². The molecule has 0 spiro atoms. The lowest BCUT2D eigenvalue weighted by atomic mass is 9.89. The summed E-state index contributed by atoms with van der Waals surface area (Å²) in [7, 11) is 0. The number of halogens is 1. The van der Waals surface area contributed by atoms with E-state index in [4.69, 9.17) is 11.6 Å². The average molecular weight is 401 g/mol. The third-order valence-corrected chi connectivity index (χ3v) is 5.96. The van der Waals surface area contributed by atoms with Crippen LogP contribution in [0.25, 0.3) is 0 Å². The van der Waals surface area contributed by atoms with Crippen LogP contribution in [0.5, 0.6) is 0 Å². The molecular formula is C23H29ClN2O2. The van der Waals surface area contributed by atoms with Crippen LogP contribution in [-0.4, -0.2) is 10.5 Å². The lowest BCUT2D eigenvalue weighted by molar-refractivity contribution is 0.102. The number of nitrogens with one attached hydrogen (secondary N) is 1. The molecule has 1 heterocycles. The first-order valence-electron chi connectivity index (χ1n) is 10.3. The topological polar surface area (TPSA) is 51.1 Å². The minimum absolute atomic E-state index is 0.217. The van der Waals surface area contributed by atoms with E-state index in [1.54, 1.807) is 18.2 Å². The SMILES string of the molecule is CCCc1c(C(=O)Nc2ccccc2Cl)c(=O)cc(C)n1CC1CCCCC1. The van der Waals surface area contributed by atoms with E-state index in [0.29, 0.717) is 23.0 Å². The van der Waals surface area contributed by atoms with E-state index >= 15 is 0 Å². The number of anilines is 1. The van der Waals surface area contributed by atoms with Crippen molar-refractivity contribution in [1.82, 2.24) is 4.57 Å². The molecule has 1 aromatic carbocycles. The Morgan fingerprint density at radius 3 is 2.61 bits per heavy atom. The zero-order chi connectivity index (χ0) is 20.1. The molecule has 2 aromatic rings. The Balaban J connectivity index is 1.99. The van der Waals surface area contributed by atoms with E-state index in [9.17, 15) is 9.59 Å². The summed E-state index contributed by atoms with van der Waals surface area (Å²) >= 11 is 6.18. The normalized spacial score (nSPS) is 14.8. The Kier molecular flexibility index (Phi) is 6.95. The van der Waals surface area contributed by atoms with Crippen molar-refractivity contribution in [1.29, 1.82) is 0 Å². The monoisotopic (exact) mass is 400 g/mol. The molecule has 1 N–H and O–H groups in total. The van der Waals surface area contributed by atoms with E-state index in [1.807, 2.05) is 19.1 Å². The second-order valence-electron chi connectivity index (χ2n) is 7.77. The average Bonchev–Trinajstić information content (AvgIpc) is 2.67. The molecule has 28 heavy (non-hydrogen) atoms. The molecule has 1 fully saturated rings. The van der Waals surface area contributed by atoms with Gasteiger partial charge in [0, 0.05) is 24.0 Å². The Morgan fingerprint density at radius 2 is 1.93 bits per heavy atom. The summed E-state index contributed by atoms with van der Waals surface area (Å²) < 4.78 is 2.21. The quantitative estimate of drug-likeness (QED) is 0.686. The Labute approximate surface area is 171 Å². The number of nitrogens with zero attached hydrogens (tertiary/aromatic N) is 1. The molecule has 4 nitrogen and oxygen atoms in total. The van der Waals surface area contributed by atoms with Gasteiger partial charge in [0.1, 0.15) is 5.56 Å². The van der Waals surface area contributed by atoms with Crippen molar-refractivity contribution in [3.05, 3.63) is 62.5 Å². The Morgan fingerprint density at radius 1 is 1.21 bits per heavy atom. The number of hydrogen-bond acceptors (Lipinski definition) is 2. The molecule has 1 aliphatic carbocycles. The maximum atomic E-state index is 13.1. The summed E-state index contributed by atoms with van der Waals surface area (Å²) in [6, 6.07) is 8.69. The van der Waals surface area contributed by atoms with Gasteiger partial charge in [-0.05, 0) is 44.2 Å². The van der Waals surface area contributed by atoms with Crippen LogP contribution in [0.1, 0.15) is 67.2 Å². The van der Waals surface area contributed by atoms with Gasteiger partial charge in [0.25, 0.3) is 5.91 Å². The van der Waals surface area contributed by atoms with Crippen molar-refractivity contribution in [2.24, 2.45) is 5.92 Å². The second kappa shape index (κ2) is 9.42. The van der Waals surface area contributed by atoms with Gasteiger partial charge < -0.3 is 9.88 Å². The van der Waals surface area contributed by atoms with Gasteiger partial charge in [-0.2, -0.15) is 0 Å². The predicted octanol–water partition coefficient (Wildman–Crippen LogP) is 5.60. The fourth-order valence-corrected chi connectivity index (χ4v) is 4.38. The predicted molar refractivity (Wildman–Crippen MR) is 115 cm³/mol. The molecule has 1 saturated carbocycles. The lowest BCUT2D eigenvalue weighted by Gasteiger charge is -2.27. The van der Waals surface area contributed by atoms with Gasteiger partial charge in [-0.1, -0.05) is 56.3 Å². The van der Waals surface area contributed by atoms with E-state index < -0.39 is 0 Å². The number of aryl methyl sites for hydroxylation is 1. The zero-order valence-electron chi connectivity index (χ0n) is 16.8. The van der Waals surface area contributed by atoms with E-state index in [0.717, 1.165) is 24.4 Å². The number of amides is 1. The molecule has 5 heteroatoms. The van der Waals surface area contributed by atoms with Crippen molar-refractivity contribution in [3.8, 4) is 0 Å². The van der Waals surface area contributed by atoms with Crippen LogP contribution in [0.2, 0.25) is 5.02 Å². The number of aromatic nitrogens is 1. The fraction of sp³-hybridized carbons (Fsp3) is 0.478. The molecule has 0 unspecified atom stereocenters. The van der Waals surface area contributed by atoms with E-state index in [2.05, 4.69) is 16.8 Å². The van der Waals surface area contributed by atoms with Crippen molar-refractivity contribution >= 4 is 23.2 Å². The van der Waals surface area contributed by atoms with Gasteiger partial charge in [0.05, 0.1) is 10.7 Å². The zero-order valence-corrected chi connectivity index (χ0v) is 17.5. The number of rotatable bonds is 6. The molecule has 150 valence electrons. The first-order valence-corrected chi connectivity index (χ1v) is 10.7. The molecule has 1 amide bonds. The van der Waals surface area contributed by atoms with Crippen LogP contribution in [0.15, 0.2) is 35.1 Å². The molecule has 1 aliphatic rings. The molecule has 0 atom stereocenters. The summed E-state index contributed by atoms with van der Waals surface area (Å²) in [5.41, 5.74) is 2.35. The molecule has 1 aromatic heterocycles. The van der Waals surface area contributed by atoms with Crippen LogP contribution in [0, 0.1) is 12.8 Å². The van der Waals surface area contributed by atoms with Crippen LogP contribution < -0.4 is 10.7 Å². The van der Waals surface area contributed by atoms with Gasteiger partial charge in [-0.25, -0.2) is 0 Å². The van der Waals surface area contributed by atoms with Gasteiger partial charge in [0.15, 0.2) is 5.43 Å². The summed E-state index contributed by atoms with van der Waals surface area (Å²) in [6.07, 6.45) is 7.87. The highest BCUT2D eigenvalue weighted by molar-refractivity contribution is 6.33. The van der Waals surface area contributed by atoms with E-state index in [-0.39, 0.29) is 16.9 Å². The summed E-state index contributed by atoms with van der Waals surface area (Å²) in [5.74, 6) is 0.240. The second-order valence-corrected chi connectivity index (χ2v) is 8.18. The summed E-state index contributed by atoms with van der Waals surface area (Å²) in [4.78, 5) is 25.8. The number of carbonyl (C=O) groups excluding carboxylic acids is 1. The lowest BCUT2D eigenvalue weighted by Crippen LogP contribution is -2.30. The molecule has 0 aliphatic heterocycles. The maximum absolute atomic E-state index is 13.1. The van der Waals surface area contributed by atoms with Crippen molar-refractivity contribution < 1.29 is 4.79 Å². The Bertz CT molecular complexity index is 898. The highest BCUT2D eigenvalue weighted by atomic mass is 35.5. The minimum Gasteiger partial charge on any atom is -0.348 e. The van der Waals surface area contributed by atoms with Gasteiger partial charge in [-0.3, -0.25) is 9.59 Å². The van der Waals surface area contributed by atoms with Gasteiger partial charge in [0.2, 0.25) is 0 Å². The fourth-order valence-electron chi connectivity index (χ4n) is 4.20. The standard InChI is InChI=1S/C23H29ClN2O2/c1-3-9-20-22(23(28)25-19-13-8-7-12-18(19)24)21(27)14-16(2)26(20)15-17-10-5-4-6-11-17/h7-8,12-14,17H,3-6,9-11,15H2,1-2H3,(H,25,28). The molecule has 0 radical (unpaired) electrons. The number of benzene rings is 1. The van der Waals surface area contributed by atoms with Crippen molar-refractivity contribution in [3.63, 3.8) is 0 Å².